The summed E-state index contributed by atoms with van der Waals surface area (Å²) in [6, 6.07) is 21.9. The average molecular weight is 443 g/mol. The fraction of sp³-hybridized carbons (Fsp3) is 0.192. The van der Waals surface area contributed by atoms with Gasteiger partial charge in [0.1, 0.15) is 0 Å². The molecule has 3 aromatic carbocycles. The minimum Gasteiger partial charge on any atom is -0.354 e. The van der Waals surface area contributed by atoms with Crippen LogP contribution >= 0.6 is 0 Å². The molecular formula is C26H26N4O3. The van der Waals surface area contributed by atoms with Crippen LogP contribution in [0.4, 0.5) is 17.1 Å². The van der Waals surface area contributed by atoms with Crippen molar-refractivity contribution >= 4 is 34.2 Å². The van der Waals surface area contributed by atoms with Crippen LogP contribution in [0.5, 0.6) is 0 Å². The molecule has 4 rings (SSSR count). The first kappa shape index (κ1) is 22.2. The number of hydrogen-bond donors (Lipinski definition) is 3. The predicted molar refractivity (Wildman–Crippen MR) is 132 cm³/mol. The van der Waals surface area contributed by atoms with Gasteiger partial charge in [-0.2, -0.15) is 0 Å². The number of hydrogen-bond acceptors (Lipinski definition) is 5. The second-order valence-electron chi connectivity index (χ2n) is 7.91. The van der Waals surface area contributed by atoms with E-state index >= 15 is 0 Å². The fourth-order valence-corrected chi connectivity index (χ4v) is 3.79. The monoisotopic (exact) mass is 442 g/mol. The molecule has 3 aromatic rings. The number of nitrogens with zero attached hydrogens (tertiary/aromatic N) is 1. The number of nitro groups is 1. The Kier molecular flexibility index (Phi) is 6.80. The van der Waals surface area contributed by atoms with Gasteiger partial charge >= 0.3 is 0 Å². The van der Waals surface area contributed by atoms with Gasteiger partial charge in [0.05, 0.1) is 16.2 Å². The molecule has 1 aliphatic rings. The first-order chi connectivity index (χ1) is 16.1. The Morgan fingerprint density at radius 1 is 1.03 bits per heavy atom. The van der Waals surface area contributed by atoms with Crippen LogP contribution in [-0.2, 0) is 11.3 Å². The standard InChI is InChI=1S/C26H26N4O3/c1-2-3-15-27-17-18-9-11-20(12-10-18)28-25(19-7-5-4-6-8-19)24-22-16-21(30(32)33)13-14-23(22)29-26(24)31/h4-14,16,27-28H,2-3,15,17H2,1H3,(H,29,31). The highest BCUT2D eigenvalue weighted by atomic mass is 16.6. The Morgan fingerprint density at radius 2 is 1.79 bits per heavy atom. The largest absolute Gasteiger partial charge is 0.354 e. The minimum absolute atomic E-state index is 0.0601. The lowest BCUT2D eigenvalue weighted by atomic mass is 9.99. The van der Waals surface area contributed by atoms with Gasteiger partial charge in [-0.15, -0.1) is 0 Å². The van der Waals surface area contributed by atoms with Gasteiger partial charge in [-0.3, -0.25) is 14.9 Å². The lowest BCUT2D eigenvalue weighted by Crippen LogP contribution is -2.14. The SMILES string of the molecule is CCCCNCc1ccc(NC(=C2C(=O)Nc3ccc([N+](=O)[O-])cc32)c2ccccc2)cc1. The van der Waals surface area contributed by atoms with E-state index in [1.54, 1.807) is 6.07 Å². The van der Waals surface area contributed by atoms with E-state index in [9.17, 15) is 14.9 Å². The van der Waals surface area contributed by atoms with E-state index in [2.05, 4.69) is 22.9 Å². The third-order valence-electron chi connectivity index (χ3n) is 5.53. The molecule has 0 aliphatic carbocycles. The van der Waals surface area contributed by atoms with Crippen LogP contribution in [-0.4, -0.2) is 17.4 Å². The van der Waals surface area contributed by atoms with Gasteiger partial charge in [0.2, 0.25) is 0 Å². The predicted octanol–water partition coefficient (Wildman–Crippen LogP) is 5.42. The van der Waals surface area contributed by atoms with Crippen LogP contribution in [0.25, 0.3) is 11.3 Å². The summed E-state index contributed by atoms with van der Waals surface area (Å²) in [5.74, 6) is -0.298. The molecule has 1 aliphatic heterocycles. The van der Waals surface area contributed by atoms with Crippen LogP contribution < -0.4 is 16.0 Å². The first-order valence-corrected chi connectivity index (χ1v) is 11.0. The number of nitro benzene ring substituents is 1. The van der Waals surface area contributed by atoms with Crippen molar-refractivity contribution in [2.45, 2.75) is 26.3 Å². The topological polar surface area (TPSA) is 96.3 Å². The molecule has 0 bridgehead atoms. The number of carbonyl (C=O) groups is 1. The van der Waals surface area contributed by atoms with Crippen molar-refractivity contribution in [3.63, 3.8) is 0 Å². The number of nitrogens with one attached hydrogen (secondary N) is 3. The van der Waals surface area contributed by atoms with Crippen molar-refractivity contribution in [1.82, 2.24) is 5.32 Å². The fourth-order valence-electron chi connectivity index (χ4n) is 3.79. The molecule has 3 N–H and O–H groups in total. The molecule has 0 spiro atoms. The highest BCUT2D eigenvalue weighted by molar-refractivity contribution is 6.37. The molecule has 33 heavy (non-hydrogen) atoms. The Morgan fingerprint density at radius 3 is 2.48 bits per heavy atom. The van der Waals surface area contributed by atoms with Crippen molar-refractivity contribution in [1.29, 1.82) is 0 Å². The molecule has 168 valence electrons. The van der Waals surface area contributed by atoms with Gasteiger partial charge in [0.15, 0.2) is 0 Å². The maximum atomic E-state index is 13.0. The van der Waals surface area contributed by atoms with Crippen molar-refractivity contribution < 1.29 is 9.72 Å². The third kappa shape index (κ3) is 5.10. The van der Waals surface area contributed by atoms with E-state index in [0.717, 1.165) is 37.2 Å². The molecule has 7 nitrogen and oxygen atoms in total. The third-order valence-corrected chi connectivity index (χ3v) is 5.53. The van der Waals surface area contributed by atoms with Gasteiger partial charge < -0.3 is 16.0 Å². The number of amides is 1. The zero-order valence-electron chi connectivity index (χ0n) is 18.4. The summed E-state index contributed by atoms with van der Waals surface area (Å²) in [5, 5.41) is 21.0. The first-order valence-electron chi connectivity index (χ1n) is 11.0. The Balaban J connectivity index is 1.70. The lowest BCUT2D eigenvalue weighted by molar-refractivity contribution is -0.384. The highest BCUT2D eigenvalue weighted by Gasteiger charge is 2.30. The molecular weight excluding hydrogens is 416 g/mol. The maximum absolute atomic E-state index is 13.0. The molecule has 0 saturated heterocycles. The number of benzene rings is 3. The van der Waals surface area contributed by atoms with E-state index in [-0.39, 0.29) is 11.6 Å². The number of unbranched alkanes of at least 4 members (excludes halogenated alkanes) is 1. The van der Waals surface area contributed by atoms with Crippen LogP contribution in [0, 0.1) is 10.1 Å². The molecule has 1 amide bonds. The highest BCUT2D eigenvalue weighted by Crippen LogP contribution is 2.39. The smallest absolute Gasteiger partial charge is 0.270 e. The zero-order chi connectivity index (χ0) is 23.2. The van der Waals surface area contributed by atoms with Gasteiger partial charge in [-0.25, -0.2) is 0 Å². The summed E-state index contributed by atoms with van der Waals surface area (Å²) >= 11 is 0. The van der Waals surface area contributed by atoms with Gasteiger partial charge in [-0.05, 0) is 42.3 Å². The number of anilines is 2. The Labute approximate surface area is 192 Å². The summed E-state index contributed by atoms with van der Waals surface area (Å²) in [6.45, 7) is 3.95. The van der Waals surface area contributed by atoms with Crippen LogP contribution in [0.3, 0.4) is 0 Å². The second-order valence-corrected chi connectivity index (χ2v) is 7.91. The molecule has 0 fully saturated rings. The van der Waals surface area contributed by atoms with E-state index in [1.807, 2.05) is 54.6 Å². The molecule has 0 aromatic heterocycles. The number of rotatable bonds is 9. The van der Waals surface area contributed by atoms with Gasteiger partial charge in [-0.1, -0.05) is 55.8 Å². The van der Waals surface area contributed by atoms with Gasteiger partial charge in [0, 0.05) is 35.6 Å². The van der Waals surface area contributed by atoms with Crippen molar-refractivity contribution in [2.75, 3.05) is 17.2 Å². The average Bonchev–Trinajstić information content (AvgIpc) is 3.16. The van der Waals surface area contributed by atoms with E-state index in [0.29, 0.717) is 22.5 Å². The number of carbonyl (C=O) groups excluding carboxylic acids is 1. The Hall–Kier alpha value is -3.97. The maximum Gasteiger partial charge on any atom is 0.270 e. The summed E-state index contributed by atoms with van der Waals surface area (Å²) in [4.78, 5) is 23.8. The van der Waals surface area contributed by atoms with E-state index in [4.69, 9.17) is 0 Å². The van der Waals surface area contributed by atoms with Crippen molar-refractivity contribution in [3.8, 4) is 0 Å². The van der Waals surface area contributed by atoms with E-state index in [1.165, 1.54) is 17.7 Å². The summed E-state index contributed by atoms with van der Waals surface area (Å²) in [5.41, 5.74) is 4.80. The summed E-state index contributed by atoms with van der Waals surface area (Å²) in [6.07, 6.45) is 2.31. The van der Waals surface area contributed by atoms with Gasteiger partial charge in [0.25, 0.3) is 11.6 Å². The van der Waals surface area contributed by atoms with Crippen molar-refractivity contribution in [3.05, 3.63) is 99.6 Å². The number of non-ortho nitro benzene ring substituents is 1. The van der Waals surface area contributed by atoms with Crippen molar-refractivity contribution in [2.24, 2.45) is 0 Å². The van der Waals surface area contributed by atoms with Crippen LogP contribution in [0.1, 0.15) is 36.5 Å². The quantitative estimate of drug-likeness (QED) is 0.178. The molecule has 0 atom stereocenters. The zero-order valence-corrected chi connectivity index (χ0v) is 18.4. The van der Waals surface area contributed by atoms with Crippen LogP contribution in [0.2, 0.25) is 0 Å². The summed E-state index contributed by atoms with van der Waals surface area (Å²) in [7, 11) is 0. The normalized spacial score (nSPS) is 13.9. The number of fused-ring (bicyclic) bond motifs is 1. The molecule has 0 saturated carbocycles. The minimum atomic E-state index is -0.455. The molecule has 7 heteroatoms. The molecule has 0 radical (unpaired) electrons. The molecule has 0 unspecified atom stereocenters. The summed E-state index contributed by atoms with van der Waals surface area (Å²) < 4.78 is 0. The second kappa shape index (κ2) is 10.1. The molecule has 1 heterocycles. The lowest BCUT2D eigenvalue weighted by Gasteiger charge is -2.15. The van der Waals surface area contributed by atoms with Crippen LogP contribution in [0.15, 0.2) is 72.8 Å². The Bertz CT molecular complexity index is 1190. The van der Waals surface area contributed by atoms with E-state index < -0.39 is 4.92 Å².